The third-order valence-corrected chi connectivity index (χ3v) is 3.15. The van der Waals surface area contributed by atoms with E-state index in [0.717, 1.165) is 16.8 Å². The van der Waals surface area contributed by atoms with E-state index in [-0.39, 0.29) is 18.4 Å². The first-order valence-electron chi connectivity index (χ1n) is 6.66. The molecule has 0 radical (unpaired) electrons. The van der Waals surface area contributed by atoms with Crippen molar-refractivity contribution in [2.24, 2.45) is 5.92 Å². The predicted molar refractivity (Wildman–Crippen MR) is 78.9 cm³/mol. The van der Waals surface area contributed by atoms with Crippen LogP contribution >= 0.6 is 0 Å². The summed E-state index contributed by atoms with van der Waals surface area (Å²) >= 11 is 0. The number of carbonyl (C=O) groups excluding carboxylic acids is 1. The SMILES string of the molecule is Cc1ccc(NC(=O)NC(CC(=O)O)C(C)C)c(C)c1. The maximum absolute atomic E-state index is 11.9. The lowest BCUT2D eigenvalue weighted by atomic mass is 10.0. The summed E-state index contributed by atoms with van der Waals surface area (Å²) in [6.45, 7) is 7.66. The van der Waals surface area contributed by atoms with E-state index in [0.29, 0.717) is 0 Å². The van der Waals surface area contributed by atoms with Crippen molar-refractivity contribution in [1.82, 2.24) is 5.32 Å². The third-order valence-electron chi connectivity index (χ3n) is 3.15. The lowest BCUT2D eigenvalue weighted by Gasteiger charge is -2.21. The number of carboxylic acid groups (broad SMARTS) is 1. The zero-order valence-corrected chi connectivity index (χ0v) is 12.4. The number of urea groups is 1. The van der Waals surface area contributed by atoms with Gasteiger partial charge in [0.25, 0.3) is 0 Å². The molecule has 110 valence electrons. The van der Waals surface area contributed by atoms with Crippen LogP contribution in [0.4, 0.5) is 10.5 Å². The maximum Gasteiger partial charge on any atom is 0.319 e. The Labute approximate surface area is 119 Å². The van der Waals surface area contributed by atoms with Crippen molar-refractivity contribution in [3.63, 3.8) is 0 Å². The summed E-state index contributed by atoms with van der Waals surface area (Å²) in [4.78, 5) is 22.7. The number of carbonyl (C=O) groups is 2. The van der Waals surface area contributed by atoms with Gasteiger partial charge in [0.05, 0.1) is 6.42 Å². The minimum atomic E-state index is -0.921. The second-order valence-electron chi connectivity index (χ2n) is 5.37. The fourth-order valence-electron chi connectivity index (χ4n) is 1.92. The molecule has 1 aromatic rings. The first-order chi connectivity index (χ1) is 9.29. The molecule has 3 N–H and O–H groups in total. The number of anilines is 1. The smallest absolute Gasteiger partial charge is 0.319 e. The van der Waals surface area contributed by atoms with Gasteiger partial charge in [-0.25, -0.2) is 4.79 Å². The van der Waals surface area contributed by atoms with Gasteiger partial charge >= 0.3 is 12.0 Å². The van der Waals surface area contributed by atoms with Crippen LogP contribution in [0.1, 0.15) is 31.4 Å². The van der Waals surface area contributed by atoms with Gasteiger partial charge in [-0.2, -0.15) is 0 Å². The molecule has 2 amide bonds. The Morgan fingerprint density at radius 2 is 1.90 bits per heavy atom. The molecular formula is C15H22N2O3. The van der Waals surface area contributed by atoms with Crippen molar-refractivity contribution in [1.29, 1.82) is 0 Å². The second-order valence-corrected chi connectivity index (χ2v) is 5.37. The number of aryl methyl sites for hydroxylation is 2. The van der Waals surface area contributed by atoms with E-state index >= 15 is 0 Å². The molecule has 20 heavy (non-hydrogen) atoms. The molecule has 0 heterocycles. The first-order valence-corrected chi connectivity index (χ1v) is 6.66. The Morgan fingerprint density at radius 3 is 2.40 bits per heavy atom. The molecule has 1 unspecified atom stereocenters. The largest absolute Gasteiger partial charge is 0.481 e. The van der Waals surface area contributed by atoms with Crippen LogP contribution < -0.4 is 10.6 Å². The highest BCUT2D eigenvalue weighted by Gasteiger charge is 2.19. The van der Waals surface area contributed by atoms with E-state index in [2.05, 4.69) is 10.6 Å². The summed E-state index contributed by atoms with van der Waals surface area (Å²) in [5.74, 6) is -0.869. The zero-order chi connectivity index (χ0) is 15.3. The fraction of sp³-hybridized carbons (Fsp3) is 0.467. The van der Waals surface area contributed by atoms with E-state index in [9.17, 15) is 9.59 Å². The summed E-state index contributed by atoms with van der Waals surface area (Å²) in [7, 11) is 0. The molecule has 0 spiro atoms. The normalized spacial score (nSPS) is 12.1. The van der Waals surface area contributed by atoms with Gasteiger partial charge in [0.15, 0.2) is 0 Å². The Kier molecular flexibility index (Phi) is 5.55. The highest BCUT2D eigenvalue weighted by atomic mass is 16.4. The summed E-state index contributed by atoms with van der Waals surface area (Å²) in [6, 6.07) is 4.97. The predicted octanol–water partition coefficient (Wildman–Crippen LogP) is 2.92. The van der Waals surface area contributed by atoms with E-state index in [1.54, 1.807) is 0 Å². The standard InChI is InChI=1S/C15H22N2O3/c1-9(2)13(8-14(18)19)17-15(20)16-12-6-5-10(3)7-11(12)4/h5-7,9,13H,8H2,1-4H3,(H,18,19)(H2,16,17,20). The highest BCUT2D eigenvalue weighted by Crippen LogP contribution is 2.16. The van der Waals surface area contributed by atoms with Crippen LogP contribution in [0.2, 0.25) is 0 Å². The molecule has 0 aromatic heterocycles. The number of carboxylic acids is 1. The number of benzene rings is 1. The molecule has 5 nitrogen and oxygen atoms in total. The van der Waals surface area contributed by atoms with Gasteiger partial charge in [-0.05, 0) is 31.4 Å². The molecule has 0 bridgehead atoms. The van der Waals surface area contributed by atoms with Crippen molar-refractivity contribution < 1.29 is 14.7 Å². The lowest BCUT2D eigenvalue weighted by Crippen LogP contribution is -2.42. The van der Waals surface area contributed by atoms with E-state index in [1.807, 2.05) is 45.9 Å². The van der Waals surface area contributed by atoms with Gasteiger partial charge in [-0.1, -0.05) is 31.5 Å². The molecule has 0 saturated heterocycles. The molecule has 1 atom stereocenters. The van der Waals surface area contributed by atoms with Crippen molar-refractivity contribution in [3.8, 4) is 0 Å². The summed E-state index contributed by atoms with van der Waals surface area (Å²) < 4.78 is 0. The van der Waals surface area contributed by atoms with Gasteiger partial charge in [0.2, 0.25) is 0 Å². The number of hydrogen-bond donors (Lipinski definition) is 3. The van der Waals surface area contributed by atoms with Gasteiger partial charge in [-0.15, -0.1) is 0 Å². The number of aliphatic carboxylic acids is 1. The number of rotatable bonds is 5. The highest BCUT2D eigenvalue weighted by molar-refractivity contribution is 5.90. The Hall–Kier alpha value is -2.04. The van der Waals surface area contributed by atoms with Gasteiger partial charge in [0, 0.05) is 11.7 Å². The molecule has 1 rings (SSSR count). The number of nitrogens with one attached hydrogen (secondary N) is 2. The second kappa shape index (κ2) is 6.93. The monoisotopic (exact) mass is 278 g/mol. The lowest BCUT2D eigenvalue weighted by molar-refractivity contribution is -0.137. The summed E-state index contributed by atoms with van der Waals surface area (Å²) in [5, 5.41) is 14.3. The van der Waals surface area contributed by atoms with Crippen LogP contribution in [-0.2, 0) is 4.79 Å². The molecule has 5 heteroatoms. The molecule has 0 aliphatic rings. The fourth-order valence-corrected chi connectivity index (χ4v) is 1.92. The first kappa shape index (κ1) is 16.0. The number of hydrogen-bond acceptors (Lipinski definition) is 2. The van der Waals surface area contributed by atoms with Gasteiger partial charge in [-0.3, -0.25) is 4.79 Å². The topological polar surface area (TPSA) is 78.4 Å². The van der Waals surface area contributed by atoms with Crippen molar-refractivity contribution in [3.05, 3.63) is 29.3 Å². The molecule has 0 aliphatic heterocycles. The third kappa shape index (κ3) is 4.91. The number of amides is 2. The van der Waals surface area contributed by atoms with Crippen molar-refractivity contribution in [2.45, 2.75) is 40.2 Å². The zero-order valence-electron chi connectivity index (χ0n) is 12.4. The van der Waals surface area contributed by atoms with Gasteiger partial charge in [0.1, 0.15) is 0 Å². The van der Waals surface area contributed by atoms with E-state index in [1.165, 1.54) is 0 Å². The Balaban J connectivity index is 2.68. The molecule has 1 aromatic carbocycles. The quantitative estimate of drug-likeness (QED) is 0.775. The van der Waals surface area contributed by atoms with Crippen LogP contribution in [0.15, 0.2) is 18.2 Å². The van der Waals surface area contributed by atoms with Crippen LogP contribution in [0.25, 0.3) is 0 Å². The average Bonchev–Trinajstić information content (AvgIpc) is 2.31. The van der Waals surface area contributed by atoms with Crippen molar-refractivity contribution in [2.75, 3.05) is 5.32 Å². The van der Waals surface area contributed by atoms with Crippen LogP contribution in [0, 0.1) is 19.8 Å². The average molecular weight is 278 g/mol. The Morgan fingerprint density at radius 1 is 1.25 bits per heavy atom. The molecule has 0 saturated carbocycles. The van der Waals surface area contributed by atoms with Crippen molar-refractivity contribution >= 4 is 17.7 Å². The summed E-state index contributed by atoms with van der Waals surface area (Å²) in [6.07, 6.45) is -0.0854. The van der Waals surface area contributed by atoms with Crippen LogP contribution in [-0.4, -0.2) is 23.1 Å². The minimum Gasteiger partial charge on any atom is -0.481 e. The molecule has 0 aliphatic carbocycles. The van der Waals surface area contributed by atoms with Crippen LogP contribution in [0.3, 0.4) is 0 Å². The Bertz CT molecular complexity index is 498. The minimum absolute atomic E-state index is 0.0518. The van der Waals surface area contributed by atoms with E-state index in [4.69, 9.17) is 5.11 Å². The summed E-state index contributed by atoms with van der Waals surface area (Å²) in [5.41, 5.74) is 2.82. The molecular weight excluding hydrogens is 256 g/mol. The van der Waals surface area contributed by atoms with Crippen LogP contribution in [0.5, 0.6) is 0 Å². The maximum atomic E-state index is 11.9. The van der Waals surface area contributed by atoms with Gasteiger partial charge < -0.3 is 15.7 Å². The van der Waals surface area contributed by atoms with E-state index < -0.39 is 12.0 Å². The molecule has 0 fully saturated rings.